The summed E-state index contributed by atoms with van der Waals surface area (Å²) in [5.41, 5.74) is 12.1. The largest absolute Gasteiger partial charge is 0.368 e. The summed E-state index contributed by atoms with van der Waals surface area (Å²) in [5.74, 6) is 0.589. The van der Waals surface area contributed by atoms with Crippen LogP contribution in [0.1, 0.15) is 42.7 Å². The van der Waals surface area contributed by atoms with E-state index in [1.165, 1.54) is 11.5 Å². The summed E-state index contributed by atoms with van der Waals surface area (Å²) in [7, 11) is 0. The molecule has 2 aromatic heterocycles. The molecule has 8 heteroatoms. The van der Waals surface area contributed by atoms with E-state index in [1.54, 1.807) is 0 Å². The predicted octanol–water partition coefficient (Wildman–Crippen LogP) is 8.05. The van der Waals surface area contributed by atoms with Gasteiger partial charge in [-0.3, -0.25) is 4.79 Å². The van der Waals surface area contributed by atoms with Gasteiger partial charge in [-0.25, -0.2) is 4.98 Å². The fourth-order valence-corrected chi connectivity index (χ4v) is 7.63. The van der Waals surface area contributed by atoms with E-state index in [1.807, 2.05) is 50.1 Å². The summed E-state index contributed by atoms with van der Waals surface area (Å²) in [4.78, 5) is 19.4. The second-order valence-electron chi connectivity index (χ2n) is 12.3. The van der Waals surface area contributed by atoms with E-state index in [-0.39, 0.29) is 12.5 Å². The van der Waals surface area contributed by atoms with Gasteiger partial charge in [-0.2, -0.15) is 9.64 Å². The number of rotatable bonds is 12. The number of hydrogen-bond donors (Lipinski definition) is 1. The molecule has 48 heavy (non-hydrogen) atoms. The van der Waals surface area contributed by atoms with E-state index in [9.17, 15) is 10.1 Å². The van der Waals surface area contributed by atoms with E-state index in [0.29, 0.717) is 6.42 Å². The predicted molar refractivity (Wildman–Crippen MR) is 194 cm³/mol. The minimum Gasteiger partial charge on any atom is -0.368 e. The van der Waals surface area contributed by atoms with Gasteiger partial charge in [-0.05, 0) is 53.0 Å². The van der Waals surface area contributed by atoms with Crippen molar-refractivity contribution in [1.82, 2.24) is 13.9 Å². The average Bonchev–Trinajstić information content (AvgIpc) is 3.75. The lowest BCUT2D eigenvalue weighted by Gasteiger charge is -2.38. The minimum atomic E-state index is -0.701. The average molecular weight is 651 g/mol. The molecule has 6 aromatic rings. The van der Waals surface area contributed by atoms with Gasteiger partial charge in [0.15, 0.2) is 0 Å². The molecule has 2 heterocycles. The molecule has 0 unspecified atom stereocenters. The van der Waals surface area contributed by atoms with Crippen LogP contribution in [0.2, 0.25) is 0 Å². The Morgan fingerprint density at radius 1 is 0.875 bits per heavy atom. The van der Waals surface area contributed by atoms with Crippen molar-refractivity contribution in [3.8, 4) is 28.6 Å². The first-order valence-corrected chi connectivity index (χ1v) is 16.8. The molecule has 1 atom stereocenters. The number of carbonyl (C=O) groups excluding carboxylic acids is 1. The molecule has 0 bridgehead atoms. The highest BCUT2D eigenvalue weighted by atomic mass is 32.1. The van der Waals surface area contributed by atoms with Crippen LogP contribution in [0.3, 0.4) is 0 Å². The summed E-state index contributed by atoms with van der Waals surface area (Å²) in [6.45, 7) is 6.08. The number of hydrogen-bond acceptors (Lipinski definition) is 6. The molecule has 0 aliphatic rings. The van der Waals surface area contributed by atoms with Crippen molar-refractivity contribution in [3.63, 3.8) is 0 Å². The maximum atomic E-state index is 12.6. The molecule has 0 saturated heterocycles. The zero-order chi connectivity index (χ0) is 33.7. The monoisotopic (exact) mass is 650 g/mol. The summed E-state index contributed by atoms with van der Waals surface area (Å²) < 4.78 is 6.93. The summed E-state index contributed by atoms with van der Waals surface area (Å²) in [5, 5.41) is 10.5. The molecule has 0 saturated carbocycles. The van der Waals surface area contributed by atoms with Gasteiger partial charge in [-0.15, -0.1) is 0 Å². The molecule has 240 valence electrons. The van der Waals surface area contributed by atoms with Gasteiger partial charge >= 0.3 is 0 Å². The molecule has 6 rings (SSSR count). The summed E-state index contributed by atoms with van der Waals surface area (Å²) >= 11 is 1.29. The van der Waals surface area contributed by atoms with E-state index in [0.717, 1.165) is 49.9 Å². The molecule has 7 nitrogen and oxygen atoms in total. The molecule has 1 amide bonds. The van der Waals surface area contributed by atoms with Crippen molar-refractivity contribution < 1.29 is 4.79 Å². The van der Waals surface area contributed by atoms with Gasteiger partial charge in [-0.1, -0.05) is 129 Å². The third kappa shape index (κ3) is 6.01. The lowest BCUT2D eigenvalue weighted by molar-refractivity contribution is -0.119. The summed E-state index contributed by atoms with van der Waals surface area (Å²) in [6, 6.07) is 41.5. The lowest BCUT2D eigenvalue weighted by atomic mass is 9.76. The van der Waals surface area contributed by atoms with Crippen LogP contribution in [0.5, 0.6) is 0 Å². The Morgan fingerprint density at radius 3 is 1.88 bits per heavy atom. The molecular weight excluding hydrogens is 613 g/mol. The number of benzene rings is 4. The number of nitrogens with two attached hydrogens (primary N) is 1. The Balaban J connectivity index is 1.48. The Bertz CT molecular complexity index is 1910. The van der Waals surface area contributed by atoms with Crippen molar-refractivity contribution in [2.45, 2.75) is 38.8 Å². The van der Waals surface area contributed by atoms with Gasteiger partial charge < -0.3 is 15.2 Å². The Kier molecular flexibility index (Phi) is 9.51. The van der Waals surface area contributed by atoms with Crippen molar-refractivity contribution in [3.05, 3.63) is 150 Å². The van der Waals surface area contributed by atoms with Gasteiger partial charge in [0.2, 0.25) is 5.91 Å². The standard InChI is InChI=1S/C40H38N6OS/c1-28(2)27-35(37(42)47)45(25-23-41)39-36(29(3)44-48-39)30-19-21-31(22-20-30)38-43-24-26-46(38)40(32-13-7-4-8-14-32,33-15-9-5-10-16-33)34-17-11-6-12-18-34/h4-22,24,26,28,35H,25,27H2,1-3H3,(H2,42,47)/t35-/m0/s1. The van der Waals surface area contributed by atoms with Crippen molar-refractivity contribution in [2.24, 2.45) is 11.7 Å². The second-order valence-corrected chi connectivity index (χ2v) is 13.0. The van der Waals surface area contributed by atoms with Crippen LogP contribution in [-0.2, 0) is 10.3 Å². The molecule has 2 N–H and O–H groups in total. The fraction of sp³-hybridized carbons (Fsp3) is 0.200. The number of anilines is 1. The summed E-state index contributed by atoms with van der Waals surface area (Å²) in [6.07, 6.45) is 4.46. The number of primary amides is 1. The normalized spacial score (nSPS) is 12.1. The van der Waals surface area contributed by atoms with E-state index < -0.39 is 17.5 Å². The molecular formula is C40H38N6OS. The second kappa shape index (κ2) is 14.1. The van der Waals surface area contributed by atoms with Gasteiger partial charge in [0, 0.05) is 23.5 Å². The number of aryl methyl sites for hydroxylation is 1. The fourth-order valence-electron chi connectivity index (χ4n) is 6.66. The third-order valence-corrected chi connectivity index (χ3v) is 9.73. The van der Waals surface area contributed by atoms with Crippen LogP contribution in [0.15, 0.2) is 128 Å². The Morgan fingerprint density at radius 2 is 1.40 bits per heavy atom. The van der Waals surface area contributed by atoms with Gasteiger partial charge in [0.25, 0.3) is 0 Å². The Labute approximate surface area is 286 Å². The highest BCUT2D eigenvalue weighted by molar-refractivity contribution is 7.11. The van der Waals surface area contributed by atoms with Crippen LogP contribution in [0, 0.1) is 24.2 Å². The SMILES string of the molecule is Cc1nsc(N(CC#N)[C@@H](CC(C)C)C(N)=O)c1-c1ccc(-c2nccn2C(c2ccccc2)(c2ccccc2)c2ccccc2)cc1. The van der Waals surface area contributed by atoms with Gasteiger partial charge in [0.1, 0.15) is 29.0 Å². The van der Waals surface area contributed by atoms with Crippen LogP contribution < -0.4 is 10.6 Å². The van der Waals surface area contributed by atoms with E-state index in [2.05, 4.69) is 118 Å². The van der Waals surface area contributed by atoms with Gasteiger partial charge in [0.05, 0.1) is 11.8 Å². The van der Waals surface area contributed by atoms with Crippen molar-refractivity contribution in [1.29, 1.82) is 5.26 Å². The molecule has 0 aliphatic heterocycles. The van der Waals surface area contributed by atoms with E-state index in [4.69, 9.17) is 10.7 Å². The number of aromatic nitrogens is 3. The first-order chi connectivity index (χ1) is 23.4. The van der Waals surface area contributed by atoms with Crippen LogP contribution in [0.25, 0.3) is 22.5 Å². The van der Waals surface area contributed by atoms with Crippen molar-refractivity contribution >= 4 is 22.4 Å². The van der Waals surface area contributed by atoms with Crippen LogP contribution >= 0.6 is 11.5 Å². The molecule has 0 aliphatic carbocycles. The van der Waals surface area contributed by atoms with Crippen LogP contribution in [-0.4, -0.2) is 32.4 Å². The first kappa shape index (κ1) is 32.4. The first-order valence-electron chi connectivity index (χ1n) is 16.1. The maximum Gasteiger partial charge on any atom is 0.240 e. The lowest BCUT2D eigenvalue weighted by Crippen LogP contribution is -2.46. The number of amides is 1. The topological polar surface area (TPSA) is 101 Å². The minimum absolute atomic E-state index is 0.0328. The third-order valence-electron chi connectivity index (χ3n) is 8.75. The Hall–Kier alpha value is -5.52. The molecule has 4 aromatic carbocycles. The smallest absolute Gasteiger partial charge is 0.240 e. The highest BCUT2D eigenvalue weighted by Crippen LogP contribution is 2.44. The molecule has 0 spiro atoms. The number of nitriles is 1. The van der Waals surface area contributed by atoms with Crippen molar-refractivity contribution in [2.75, 3.05) is 11.4 Å². The number of imidazole rings is 1. The molecule has 0 radical (unpaired) electrons. The van der Waals surface area contributed by atoms with E-state index >= 15 is 0 Å². The van der Waals surface area contributed by atoms with Crippen LogP contribution in [0.4, 0.5) is 5.00 Å². The number of carbonyl (C=O) groups is 1. The molecule has 0 fully saturated rings. The zero-order valence-corrected chi connectivity index (χ0v) is 28.1. The quantitative estimate of drug-likeness (QED) is 0.107. The highest BCUT2D eigenvalue weighted by Gasteiger charge is 2.40. The number of nitrogens with zero attached hydrogens (tertiary/aromatic N) is 5. The maximum absolute atomic E-state index is 12.6. The zero-order valence-electron chi connectivity index (χ0n) is 27.3.